The Morgan fingerprint density at radius 2 is 1.86 bits per heavy atom. The molecule has 2 N–H and O–H groups in total. The van der Waals surface area contributed by atoms with Gasteiger partial charge in [0, 0.05) is 10.0 Å². The highest BCUT2D eigenvalue weighted by atomic mass is 79.9. The maximum atomic E-state index is 12.9. The lowest BCUT2D eigenvalue weighted by molar-refractivity contribution is -0.149. The van der Waals surface area contributed by atoms with Crippen molar-refractivity contribution in [1.29, 1.82) is 0 Å². The molecule has 0 heterocycles. The Balaban J connectivity index is 3.12. The fraction of sp³-hybridized carbons (Fsp3) is 0.250. The molecule has 0 aliphatic heterocycles. The largest absolute Gasteiger partial charge is 0.407 e. The van der Waals surface area contributed by atoms with E-state index in [1.165, 1.54) is 6.07 Å². The molecule has 0 radical (unpaired) electrons. The lowest BCUT2D eigenvalue weighted by atomic mass is 10.1. The van der Waals surface area contributed by atoms with E-state index in [0.29, 0.717) is 4.47 Å². The Bertz CT molecular complexity index is 337. The molecule has 0 saturated heterocycles. The van der Waals surface area contributed by atoms with Crippen molar-refractivity contribution in [2.24, 2.45) is 5.73 Å². The summed E-state index contributed by atoms with van der Waals surface area (Å²) < 4.78 is 49.7. The van der Waals surface area contributed by atoms with Gasteiger partial charge in [0.05, 0.1) is 0 Å². The van der Waals surface area contributed by atoms with Crippen molar-refractivity contribution in [2.45, 2.75) is 12.2 Å². The maximum absolute atomic E-state index is 12.9. The van der Waals surface area contributed by atoms with E-state index in [0.717, 1.165) is 12.1 Å². The van der Waals surface area contributed by atoms with Crippen LogP contribution in [-0.2, 0) is 0 Å². The van der Waals surface area contributed by atoms with Gasteiger partial charge in [0.2, 0.25) is 0 Å². The molecule has 0 spiro atoms. The fourth-order valence-electron chi connectivity index (χ4n) is 0.929. The van der Waals surface area contributed by atoms with Crippen molar-refractivity contribution in [3.63, 3.8) is 0 Å². The smallest absolute Gasteiger partial charge is 0.316 e. The van der Waals surface area contributed by atoms with Gasteiger partial charge in [-0.15, -0.1) is 0 Å². The molecule has 6 heteroatoms. The van der Waals surface area contributed by atoms with Gasteiger partial charge in [-0.2, -0.15) is 13.2 Å². The van der Waals surface area contributed by atoms with Crippen LogP contribution in [0.15, 0.2) is 22.7 Å². The van der Waals surface area contributed by atoms with Crippen LogP contribution in [0.1, 0.15) is 11.6 Å². The molecule has 1 aromatic carbocycles. The Morgan fingerprint density at radius 3 is 2.36 bits per heavy atom. The minimum absolute atomic E-state index is 0.355. The molecule has 0 aromatic heterocycles. The van der Waals surface area contributed by atoms with Gasteiger partial charge >= 0.3 is 6.18 Å². The molecule has 1 nitrogen and oxygen atoms in total. The third-order valence-electron chi connectivity index (χ3n) is 1.65. The van der Waals surface area contributed by atoms with Gasteiger partial charge in [-0.05, 0) is 18.2 Å². The summed E-state index contributed by atoms with van der Waals surface area (Å²) in [5.41, 5.74) is 4.29. The van der Waals surface area contributed by atoms with Crippen LogP contribution < -0.4 is 5.73 Å². The van der Waals surface area contributed by atoms with Crippen LogP contribution in [0.4, 0.5) is 17.6 Å². The summed E-state index contributed by atoms with van der Waals surface area (Å²) in [4.78, 5) is 0. The minimum atomic E-state index is -4.64. The molecule has 78 valence electrons. The number of hydrogen-bond acceptors (Lipinski definition) is 1. The average molecular weight is 272 g/mol. The van der Waals surface area contributed by atoms with Gasteiger partial charge in [0.25, 0.3) is 0 Å². The number of rotatable bonds is 1. The Kier molecular flexibility index (Phi) is 3.16. The van der Waals surface area contributed by atoms with E-state index < -0.39 is 23.6 Å². The first kappa shape index (κ1) is 11.5. The Hall–Kier alpha value is -0.620. The molecule has 0 amide bonds. The van der Waals surface area contributed by atoms with Gasteiger partial charge in [-0.1, -0.05) is 15.9 Å². The predicted molar refractivity (Wildman–Crippen MR) is 47.1 cm³/mol. The number of alkyl halides is 3. The number of hydrogen-bond donors (Lipinski definition) is 1. The van der Waals surface area contributed by atoms with Crippen LogP contribution in [0, 0.1) is 5.82 Å². The highest BCUT2D eigenvalue weighted by Gasteiger charge is 2.39. The monoisotopic (exact) mass is 271 g/mol. The SMILES string of the molecule is NC(c1cc(Br)ccc1F)C(F)(F)F. The second kappa shape index (κ2) is 3.86. The van der Waals surface area contributed by atoms with E-state index in [2.05, 4.69) is 15.9 Å². The van der Waals surface area contributed by atoms with Crippen molar-refractivity contribution in [3.8, 4) is 0 Å². The summed E-state index contributed by atoms with van der Waals surface area (Å²) in [6.45, 7) is 0. The third kappa shape index (κ3) is 2.45. The fourth-order valence-corrected chi connectivity index (χ4v) is 1.31. The van der Waals surface area contributed by atoms with Gasteiger partial charge in [0.1, 0.15) is 11.9 Å². The highest BCUT2D eigenvalue weighted by Crippen LogP contribution is 2.32. The van der Waals surface area contributed by atoms with Crippen LogP contribution in [0.2, 0.25) is 0 Å². The van der Waals surface area contributed by atoms with Crippen molar-refractivity contribution in [2.75, 3.05) is 0 Å². The summed E-state index contributed by atoms with van der Waals surface area (Å²) >= 11 is 2.94. The highest BCUT2D eigenvalue weighted by molar-refractivity contribution is 9.10. The summed E-state index contributed by atoms with van der Waals surface area (Å²) in [6.07, 6.45) is -4.64. The molecule has 0 saturated carbocycles. The summed E-state index contributed by atoms with van der Waals surface area (Å²) in [7, 11) is 0. The number of halogens is 5. The molecule has 1 aromatic rings. The second-order valence-corrected chi connectivity index (χ2v) is 3.60. The van der Waals surface area contributed by atoms with Crippen molar-refractivity contribution in [3.05, 3.63) is 34.1 Å². The van der Waals surface area contributed by atoms with E-state index in [4.69, 9.17) is 5.73 Å². The minimum Gasteiger partial charge on any atom is -0.316 e. The van der Waals surface area contributed by atoms with Gasteiger partial charge in [0.15, 0.2) is 0 Å². The van der Waals surface area contributed by atoms with Gasteiger partial charge < -0.3 is 5.73 Å². The first-order chi connectivity index (χ1) is 6.32. The molecule has 0 aliphatic rings. The standard InChI is InChI=1S/C8H6BrF4N/c9-4-1-2-6(10)5(3-4)7(14)8(11,12)13/h1-3,7H,14H2. The predicted octanol–water partition coefficient (Wildman–Crippen LogP) is 3.15. The lowest BCUT2D eigenvalue weighted by Gasteiger charge is -2.16. The topological polar surface area (TPSA) is 26.0 Å². The average Bonchev–Trinajstić information content (AvgIpc) is 2.06. The first-order valence-corrected chi connectivity index (χ1v) is 4.39. The van der Waals surface area contributed by atoms with E-state index in [1.54, 1.807) is 0 Å². The van der Waals surface area contributed by atoms with Crippen molar-refractivity contribution < 1.29 is 17.6 Å². The molecule has 0 bridgehead atoms. The Morgan fingerprint density at radius 1 is 1.29 bits per heavy atom. The molecular formula is C8H6BrF4N. The van der Waals surface area contributed by atoms with Crippen molar-refractivity contribution >= 4 is 15.9 Å². The second-order valence-electron chi connectivity index (χ2n) is 2.69. The van der Waals surface area contributed by atoms with Gasteiger partial charge in [-0.3, -0.25) is 0 Å². The Labute approximate surface area is 86.0 Å². The van der Waals surface area contributed by atoms with Crippen LogP contribution in [0.3, 0.4) is 0 Å². The molecule has 0 aliphatic carbocycles. The van der Waals surface area contributed by atoms with Gasteiger partial charge in [-0.25, -0.2) is 4.39 Å². The normalized spacial score (nSPS) is 14.1. The quantitative estimate of drug-likeness (QED) is 0.781. The number of benzene rings is 1. The molecule has 1 atom stereocenters. The lowest BCUT2D eigenvalue weighted by Crippen LogP contribution is -2.29. The van der Waals surface area contributed by atoms with Crippen LogP contribution in [-0.4, -0.2) is 6.18 Å². The molecular weight excluding hydrogens is 266 g/mol. The molecule has 1 rings (SSSR count). The molecule has 14 heavy (non-hydrogen) atoms. The van der Waals surface area contributed by atoms with E-state index in [-0.39, 0.29) is 0 Å². The zero-order chi connectivity index (χ0) is 10.9. The zero-order valence-corrected chi connectivity index (χ0v) is 8.36. The van der Waals surface area contributed by atoms with E-state index >= 15 is 0 Å². The van der Waals surface area contributed by atoms with Crippen molar-refractivity contribution in [1.82, 2.24) is 0 Å². The van der Waals surface area contributed by atoms with Crippen LogP contribution in [0.5, 0.6) is 0 Å². The third-order valence-corrected chi connectivity index (χ3v) is 2.14. The molecule has 0 fully saturated rings. The first-order valence-electron chi connectivity index (χ1n) is 3.59. The van der Waals surface area contributed by atoms with E-state index in [9.17, 15) is 17.6 Å². The summed E-state index contributed by atoms with van der Waals surface area (Å²) in [5, 5.41) is 0. The maximum Gasteiger partial charge on any atom is 0.407 e. The summed E-state index contributed by atoms with van der Waals surface area (Å²) in [5.74, 6) is -0.960. The number of nitrogens with two attached hydrogens (primary N) is 1. The summed E-state index contributed by atoms with van der Waals surface area (Å²) in [6, 6.07) is 0.973. The van der Waals surface area contributed by atoms with Crippen LogP contribution in [0.25, 0.3) is 0 Å². The van der Waals surface area contributed by atoms with Crippen LogP contribution >= 0.6 is 15.9 Å². The zero-order valence-electron chi connectivity index (χ0n) is 6.78. The molecule has 1 unspecified atom stereocenters. The van der Waals surface area contributed by atoms with E-state index in [1.807, 2.05) is 0 Å².